The Balaban J connectivity index is 1.51. The average molecular weight is 522 g/mol. The second kappa shape index (κ2) is 9.09. The summed E-state index contributed by atoms with van der Waals surface area (Å²) in [6, 6.07) is 8.37. The molecule has 2 N–H and O–H groups in total. The molecule has 0 saturated carbocycles. The molecule has 2 aromatic heterocycles. The monoisotopic (exact) mass is 521 g/mol. The van der Waals surface area contributed by atoms with Gasteiger partial charge in [0, 0.05) is 23.2 Å². The number of carbonyl (C=O) groups excluding carboxylic acids is 1. The van der Waals surface area contributed by atoms with Crippen LogP contribution in [0.3, 0.4) is 0 Å². The molecule has 13 heteroatoms. The molecule has 1 aliphatic rings. The van der Waals surface area contributed by atoms with Gasteiger partial charge in [0.2, 0.25) is 0 Å². The molecule has 0 aliphatic carbocycles. The Kier molecular flexibility index (Phi) is 6.38. The summed E-state index contributed by atoms with van der Waals surface area (Å²) in [4.78, 5) is 29.1. The molecule has 1 aliphatic heterocycles. The van der Waals surface area contributed by atoms with Crippen LogP contribution in [0.4, 0.5) is 5.13 Å². The predicted molar refractivity (Wildman–Crippen MR) is 129 cm³/mol. The van der Waals surface area contributed by atoms with E-state index in [1.54, 1.807) is 29.6 Å². The third kappa shape index (κ3) is 4.85. The van der Waals surface area contributed by atoms with Gasteiger partial charge >= 0.3 is 5.97 Å². The molecule has 1 atom stereocenters. The molecule has 170 valence electrons. The second-order valence-corrected chi connectivity index (χ2v) is 11.0. The number of aliphatic carboxylic acids is 1. The average Bonchev–Trinajstić information content (AvgIpc) is 3.50. The van der Waals surface area contributed by atoms with Gasteiger partial charge in [-0.3, -0.25) is 14.4 Å². The van der Waals surface area contributed by atoms with Gasteiger partial charge in [-0.15, -0.1) is 11.3 Å². The van der Waals surface area contributed by atoms with Crippen LogP contribution in [0.25, 0.3) is 17.4 Å². The lowest BCUT2D eigenvalue weighted by molar-refractivity contribution is -0.144. The van der Waals surface area contributed by atoms with E-state index in [4.69, 9.17) is 16.6 Å². The van der Waals surface area contributed by atoms with Crippen molar-refractivity contribution in [1.82, 2.24) is 9.88 Å². The van der Waals surface area contributed by atoms with Crippen LogP contribution in [0.1, 0.15) is 12.7 Å². The van der Waals surface area contributed by atoms with E-state index in [0.29, 0.717) is 17.1 Å². The normalized spacial score (nSPS) is 16.4. The quantitative estimate of drug-likeness (QED) is 0.351. The Labute approximate surface area is 202 Å². The maximum Gasteiger partial charge on any atom is 0.326 e. The summed E-state index contributed by atoms with van der Waals surface area (Å²) in [5.74, 6) is -0.816. The number of sulfonamides is 1. The van der Waals surface area contributed by atoms with Crippen LogP contribution in [0.5, 0.6) is 0 Å². The summed E-state index contributed by atoms with van der Waals surface area (Å²) in [7, 11) is -3.76. The summed E-state index contributed by atoms with van der Waals surface area (Å²) in [6.07, 6.45) is 3.00. The van der Waals surface area contributed by atoms with Crippen molar-refractivity contribution in [2.45, 2.75) is 17.9 Å². The van der Waals surface area contributed by atoms with Crippen LogP contribution in [0, 0.1) is 0 Å². The van der Waals surface area contributed by atoms with Gasteiger partial charge in [0.25, 0.3) is 15.9 Å². The van der Waals surface area contributed by atoms with Crippen molar-refractivity contribution in [2.24, 2.45) is 0 Å². The molecule has 4 rings (SSSR count). The molecule has 0 bridgehead atoms. The van der Waals surface area contributed by atoms with Crippen LogP contribution < -0.4 is 4.72 Å². The number of thioether (sulfide) groups is 1. The first kappa shape index (κ1) is 23.2. The molecule has 1 saturated heterocycles. The number of nitrogens with one attached hydrogen (secondary N) is 1. The summed E-state index contributed by atoms with van der Waals surface area (Å²) < 4.78 is 33.3. The van der Waals surface area contributed by atoms with Gasteiger partial charge in [-0.05, 0) is 43.3 Å². The van der Waals surface area contributed by atoms with E-state index in [9.17, 15) is 23.1 Å². The molecular weight excluding hydrogens is 507 g/mol. The molecule has 0 spiro atoms. The number of carboxylic acid groups (broad SMARTS) is 1. The first-order chi connectivity index (χ1) is 15.7. The number of nitrogens with zero attached hydrogens (tertiary/aromatic N) is 2. The number of rotatable bonds is 7. The largest absolute Gasteiger partial charge is 0.480 e. The molecular formula is C20H15N3O6S4. The minimum atomic E-state index is -3.76. The molecule has 1 aromatic carbocycles. The molecule has 1 fully saturated rings. The van der Waals surface area contributed by atoms with Crippen molar-refractivity contribution in [1.29, 1.82) is 0 Å². The van der Waals surface area contributed by atoms with Crippen molar-refractivity contribution in [3.05, 3.63) is 58.6 Å². The van der Waals surface area contributed by atoms with Gasteiger partial charge in [0.15, 0.2) is 5.13 Å². The number of thiocarbonyl (C=S) groups is 1. The zero-order valence-electron chi connectivity index (χ0n) is 16.8. The highest BCUT2D eigenvalue weighted by Crippen LogP contribution is 2.35. The number of aromatic nitrogens is 1. The topological polar surface area (TPSA) is 130 Å². The van der Waals surface area contributed by atoms with Crippen molar-refractivity contribution in [3.63, 3.8) is 0 Å². The Morgan fingerprint density at radius 1 is 1.27 bits per heavy atom. The zero-order valence-corrected chi connectivity index (χ0v) is 20.1. The van der Waals surface area contributed by atoms with Crippen LogP contribution in [-0.4, -0.2) is 45.6 Å². The van der Waals surface area contributed by atoms with Crippen molar-refractivity contribution in [2.75, 3.05) is 4.72 Å². The number of hydrogen-bond donors (Lipinski definition) is 2. The van der Waals surface area contributed by atoms with Gasteiger partial charge in [0.05, 0.1) is 9.80 Å². The van der Waals surface area contributed by atoms with Crippen LogP contribution >= 0.6 is 35.3 Å². The Morgan fingerprint density at radius 3 is 2.64 bits per heavy atom. The standard InChI is InChI=1S/C20H15N3O6S4/c1-11(18(25)26)23-17(24)16(32-20(23)30)10-13-4-7-15(29-13)12-2-5-14(6-3-12)33(27,28)22-19-21-8-9-31-19/h2-11H,1H3,(H,21,22)(H,25,26)/b16-10-. The second-order valence-electron chi connectivity index (χ2n) is 6.74. The number of anilines is 1. The lowest BCUT2D eigenvalue weighted by Crippen LogP contribution is -2.41. The molecule has 1 unspecified atom stereocenters. The zero-order chi connectivity index (χ0) is 23.8. The predicted octanol–water partition coefficient (Wildman–Crippen LogP) is 3.88. The number of furan rings is 1. The fourth-order valence-electron chi connectivity index (χ4n) is 2.88. The number of thiazole rings is 1. The maximum atomic E-state index is 12.6. The fraction of sp³-hybridized carbons (Fsp3) is 0.100. The van der Waals surface area contributed by atoms with Crippen LogP contribution in [0.2, 0.25) is 0 Å². The van der Waals surface area contributed by atoms with E-state index in [1.165, 1.54) is 42.7 Å². The fourth-order valence-corrected chi connectivity index (χ4v) is 6.07. The highest BCUT2D eigenvalue weighted by atomic mass is 32.2. The van der Waals surface area contributed by atoms with E-state index >= 15 is 0 Å². The maximum absolute atomic E-state index is 12.6. The van der Waals surface area contributed by atoms with Gasteiger partial charge in [-0.1, -0.05) is 24.0 Å². The van der Waals surface area contributed by atoms with Crippen LogP contribution in [0.15, 0.2) is 62.2 Å². The van der Waals surface area contributed by atoms with Crippen molar-refractivity contribution in [3.8, 4) is 11.3 Å². The Hall–Kier alpha value is -3.00. The molecule has 33 heavy (non-hydrogen) atoms. The first-order valence-electron chi connectivity index (χ1n) is 9.28. The Bertz CT molecular complexity index is 1360. The van der Waals surface area contributed by atoms with Gasteiger partial charge in [-0.25, -0.2) is 18.2 Å². The minimum Gasteiger partial charge on any atom is -0.480 e. The highest BCUT2D eigenvalue weighted by molar-refractivity contribution is 8.26. The van der Waals surface area contributed by atoms with E-state index in [-0.39, 0.29) is 19.3 Å². The third-order valence-corrected chi connectivity index (χ3v) is 8.07. The van der Waals surface area contributed by atoms with Gasteiger partial charge in [0.1, 0.15) is 21.9 Å². The van der Waals surface area contributed by atoms with E-state index < -0.39 is 27.9 Å². The molecule has 9 nitrogen and oxygen atoms in total. The number of amides is 1. The molecule has 3 aromatic rings. The molecule has 3 heterocycles. The summed E-state index contributed by atoms with van der Waals surface area (Å²) in [6.45, 7) is 1.39. The molecule has 0 radical (unpaired) electrons. The van der Waals surface area contributed by atoms with Gasteiger partial charge in [-0.2, -0.15) is 0 Å². The number of benzene rings is 1. The Morgan fingerprint density at radius 2 is 2.00 bits per heavy atom. The highest BCUT2D eigenvalue weighted by Gasteiger charge is 2.38. The van der Waals surface area contributed by atoms with Crippen LogP contribution in [-0.2, 0) is 19.6 Å². The number of hydrogen-bond acceptors (Lipinski definition) is 9. The number of carboxylic acids is 1. The lowest BCUT2D eigenvalue weighted by Gasteiger charge is -2.18. The summed E-state index contributed by atoms with van der Waals surface area (Å²) in [5, 5.41) is 11.1. The summed E-state index contributed by atoms with van der Waals surface area (Å²) in [5.41, 5.74) is 0.634. The van der Waals surface area contributed by atoms with Gasteiger partial charge < -0.3 is 9.52 Å². The first-order valence-corrected chi connectivity index (χ1v) is 12.9. The van der Waals surface area contributed by atoms with E-state index in [2.05, 4.69) is 9.71 Å². The van der Waals surface area contributed by atoms with E-state index in [1.807, 2.05) is 0 Å². The lowest BCUT2D eigenvalue weighted by atomic mass is 10.2. The third-order valence-electron chi connectivity index (χ3n) is 4.57. The number of carbonyl (C=O) groups is 2. The minimum absolute atomic E-state index is 0.0736. The SMILES string of the molecule is CC(C(=O)O)N1C(=O)/C(=C/c2ccc(-c3ccc(S(=O)(=O)Nc4nccs4)cc3)o2)SC1=S. The van der Waals surface area contributed by atoms with E-state index in [0.717, 1.165) is 16.7 Å². The summed E-state index contributed by atoms with van der Waals surface area (Å²) >= 11 is 7.32. The smallest absolute Gasteiger partial charge is 0.326 e. The van der Waals surface area contributed by atoms with Crippen molar-refractivity contribution >= 4 is 72.7 Å². The van der Waals surface area contributed by atoms with Crippen molar-refractivity contribution < 1.29 is 27.5 Å². The molecule has 1 amide bonds.